The lowest BCUT2D eigenvalue weighted by atomic mass is 10.1. The Morgan fingerprint density at radius 2 is 1.68 bits per heavy atom. The van der Waals surface area contributed by atoms with E-state index in [1.54, 1.807) is 4.90 Å². The van der Waals surface area contributed by atoms with Gasteiger partial charge in [0.2, 0.25) is 10.0 Å². The molecule has 0 unspecified atom stereocenters. The number of ether oxygens (including phenoxy) is 3. The highest BCUT2D eigenvalue weighted by atomic mass is 32.2. The normalized spacial score (nSPS) is 15.5. The van der Waals surface area contributed by atoms with Crippen LogP contribution in [0.1, 0.15) is 10.4 Å². The molecule has 1 aromatic rings. The number of primary sulfonamides is 1. The van der Waals surface area contributed by atoms with Gasteiger partial charge in [-0.3, -0.25) is 4.79 Å². The zero-order valence-electron chi connectivity index (χ0n) is 12.4. The third-order valence-electron chi connectivity index (χ3n) is 3.29. The van der Waals surface area contributed by atoms with Crippen LogP contribution in [0.2, 0.25) is 0 Å². The summed E-state index contributed by atoms with van der Waals surface area (Å²) < 4.78 is 38.7. The van der Waals surface area contributed by atoms with Gasteiger partial charge in [-0.1, -0.05) is 0 Å². The number of sulfonamides is 1. The maximum atomic E-state index is 12.5. The molecule has 0 saturated carbocycles. The van der Waals surface area contributed by atoms with Crippen molar-refractivity contribution in [2.45, 2.75) is 4.90 Å². The van der Waals surface area contributed by atoms with E-state index in [0.717, 1.165) is 0 Å². The smallest absolute Gasteiger partial charge is 0.254 e. The first-order chi connectivity index (χ1) is 10.4. The van der Waals surface area contributed by atoms with Gasteiger partial charge in [0.15, 0.2) is 4.90 Å². The summed E-state index contributed by atoms with van der Waals surface area (Å²) in [5.74, 6) is -0.308. The quantitative estimate of drug-likeness (QED) is 0.821. The first kappa shape index (κ1) is 16.5. The number of carbonyl (C=O) groups is 1. The minimum atomic E-state index is -4.05. The van der Waals surface area contributed by atoms with Crippen molar-refractivity contribution in [2.24, 2.45) is 5.14 Å². The number of nitrogens with two attached hydrogens (primary N) is 1. The monoisotopic (exact) mass is 330 g/mol. The van der Waals surface area contributed by atoms with E-state index >= 15 is 0 Å². The molecule has 9 heteroatoms. The molecule has 0 bridgehead atoms. The van der Waals surface area contributed by atoms with Crippen LogP contribution < -0.4 is 14.6 Å². The summed E-state index contributed by atoms with van der Waals surface area (Å²) >= 11 is 0. The second kappa shape index (κ2) is 6.51. The van der Waals surface area contributed by atoms with Gasteiger partial charge in [0.25, 0.3) is 5.91 Å². The molecule has 0 radical (unpaired) electrons. The van der Waals surface area contributed by atoms with Crippen LogP contribution >= 0.6 is 0 Å². The van der Waals surface area contributed by atoms with E-state index in [-0.39, 0.29) is 27.9 Å². The molecule has 122 valence electrons. The number of amides is 1. The summed E-state index contributed by atoms with van der Waals surface area (Å²) in [7, 11) is -1.45. The number of morpholine rings is 1. The van der Waals surface area contributed by atoms with Crippen molar-refractivity contribution < 1.29 is 27.4 Å². The van der Waals surface area contributed by atoms with Crippen LogP contribution in [0.15, 0.2) is 17.0 Å². The van der Waals surface area contributed by atoms with Gasteiger partial charge in [-0.05, 0) is 12.1 Å². The summed E-state index contributed by atoms with van der Waals surface area (Å²) in [5.41, 5.74) is 0.267. The molecule has 2 rings (SSSR count). The fourth-order valence-corrected chi connectivity index (χ4v) is 3.08. The molecule has 1 aliphatic heterocycles. The van der Waals surface area contributed by atoms with Crippen LogP contribution in [-0.2, 0) is 14.8 Å². The third kappa shape index (κ3) is 3.32. The Morgan fingerprint density at radius 3 is 2.09 bits per heavy atom. The van der Waals surface area contributed by atoms with Crippen LogP contribution in [0.3, 0.4) is 0 Å². The fraction of sp³-hybridized carbons (Fsp3) is 0.462. The molecule has 0 aromatic heterocycles. The zero-order valence-corrected chi connectivity index (χ0v) is 13.2. The molecular formula is C13H18N2O6S. The molecule has 2 N–H and O–H groups in total. The van der Waals surface area contributed by atoms with Gasteiger partial charge in [-0.15, -0.1) is 0 Å². The molecule has 0 spiro atoms. The average Bonchev–Trinajstić information content (AvgIpc) is 2.52. The van der Waals surface area contributed by atoms with Crippen LogP contribution in [0.4, 0.5) is 0 Å². The molecule has 1 amide bonds. The zero-order chi connectivity index (χ0) is 16.3. The minimum Gasteiger partial charge on any atom is -0.495 e. The van der Waals surface area contributed by atoms with Crippen molar-refractivity contribution >= 4 is 15.9 Å². The maximum absolute atomic E-state index is 12.5. The van der Waals surface area contributed by atoms with Crippen molar-refractivity contribution in [3.63, 3.8) is 0 Å². The van der Waals surface area contributed by atoms with Crippen LogP contribution in [0.25, 0.3) is 0 Å². The molecule has 1 fully saturated rings. The summed E-state index contributed by atoms with van der Waals surface area (Å²) in [6, 6.07) is 2.69. The van der Waals surface area contributed by atoms with E-state index in [4.69, 9.17) is 19.3 Å². The van der Waals surface area contributed by atoms with E-state index < -0.39 is 10.0 Å². The van der Waals surface area contributed by atoms with Gasteiger partial charge in [-0.25, -0.2) is 13.6 Å². The molecular weight excluding hydrogens is 312 g/mol. The van der Waals surface area contributed by atoms with E-state index in [1.807, 2.05) is 0 Å². The first-order valence-corrected chi connectivity index (χ1v) is 8.09. The van der Waals surface area contributed by atoms with Crippen molar-refractivity contribution in [1.29, 1.82) is 0 Å². The largest absolute Gasteiger partial charge is 0.495 e. The Kier molecular flexibility index (Phi) is 4.89. The Labute approximate surface area is 128 Å². The number of benzene rings is 1. The number of nitrogens with zero attached hydrogens (tertiary/aromatic N) is 1. The van der Waals surface area contributed by atoms with E-state index in [0.29, 0.717) is 26.3 Å². The third-order valence-corrected chi connectivity index (χ3v) is 4.26. The van der Waals surface area contributed by atoms with Crippen LogP contribution in [0.5, 0.6) is 11.5 Å². The highest BCUT2D eigenvalue weighted by Crippen LogP contribution is 2.34. The summed E-state index contributed by atoms with van der Waals surface area (Å²) in [6.45, 7) is 1.88. The van der Waals surface area contributed by atoms with Gasteiger partial charge in [0, 0.05) is 18.7 Å². The van der Waals surface area contributed by atoms with E-state index in [9.17, 15) is 13.2 Å². The van der Waals surface area contributed by atoms with E-state index in [1.165, 1.54) is 26.4 Å². The van der Waals surface area contributed by atoms with Gasteiger partial charge in [0.05, 0.1) is 27.4 Å². The average molecular weight is 330 g/mol. The number of methoxy groups -OCH3 is 2. The molecule has 1 aliphatic rings. The van der Waals surface area contributed by atoms with Crippen LogP contribution in [0, 0.1) is 0 Å². The van der Waals surface area contributed by atoms with Crippen molar-refractivity contribution in [1.82, 2.24) is 4.90 Å². The SMILES string of the molecule is COc1cc(C(=O)N2CCOCC2)cc(OC)c1S(N)(=O)=O. The predicted octanol–water partition coefficient (Wildman–Crippen LogP) is -0.176. The fourth-order valence-electron chi connectivity index (χ4n) is 2.23. The summed E-state index contributed by atoms with van der Waals surface area (Å²) in [5, 5.41) is 5.18. The molecule has 0 aliphatic carbocycles. The Hall–Kier alpha value is -1.84. The van der Waals surface area contributed by atoms with Crippen molar-refractivity contribution in [2.75, 3.05) is 40.5 Å². The molecule has 1 heterocycles. The molecule has 1 aromatic carbocycles. The summed E-state index contributed by atoms with van der Waals surface area (Å²) in [4.78, 5) is 13.8. The summed E-state index contributed by atoms with van der Waals surface area (Å²) in [6.07, 6.45) is 0. The molecule has 1 saturated heterocycles. The predicted molar refractivity (Wildman–Crippen MR) is 77.6 cm³/mol. The standard InChI is InChI=1S/C13H18N2O6S/c1-19-10-7-9(13(16)15-3-5-21-6-4-15)8-11(20-2)12(10)22(14,17)18/h7-8H,3-6H2,1-2H3,(H2,14,17,18). The lowest BCUT2D eigenvalue weighted by Crippen LogP contribution is -2.40. The Morgan fingerprint density at radius 1 is 1.18 bits per heavy atom. The highest BCUT2D eigenvalue weighted by molar-refractivity contribution is 7.89. The van der Waals surface area contributed by atoms with Crippen LogP contribution in [-0.4, -0.2) is 59.7 Å². The number of carbonyl (C=O) groups excluding carboxylic acids is 1. The Balaban J connectivity index is 2.48. The maximum Gasteiger partial charge on any atom is 0.254 e. The lowest BCUT2D eigenvalue weighted by Gasteiger charge is -2.27. The van der Waals surface area contributed by atoms with Gasteiger partial charge < -0.3 is 19.1 Å². The number of rotatable bonds is 4. The molecule has 0 atom stereocenters. The first-order valence-electron chi connectivity index (χ1n) is 6.54. The number of hydrogen-bond acceptors (Lipinski definition) is 6. The van der Waals surface area contributed by atoms with Crippen molar-refractivity contribution in [3.05, 3.63) is 17.7 Å². The number of hydrogen-bond donors (Lipinski definition) is 1. The minimum absolute atomic E-state index is 0.0292. The van der Waals surface area contributed by atoms with Crippen molar-refractivity contribution in [3.8, 4) is 11.5 Å². The lowest BCUT2D eigenvalue weighted by molar-refractivity contribution is 0.0302. The van der Waals surface area contributed by atoms with E-state index in [2.05, 4.69) is 0 Å². The molecule has 8 nitrogen and oxygen atoms in total. The topological polar surface area (TPSA) is 108 Å². The Bertz CT molecular complexity index is 642. The second-order valence-electron chi connectivity index (χ2n) is 4.66. The van der Waals surface area contributed by atoms with Gasteiger partial charge >= 0.3 is 0 Å². The highest BCUT2D eigenvalue weighted by Gasteiger charge is 2.26. The van der Waals surface area contributed by atoms with Gasteiger partial charge in [-0.2, -0.15) is 0 Å². The second-order valence-corrected chi connectivity index (χ2v) is 6.16. The van der Waals surface area contributed by atoms with Gasteiger partial charge in [0.1, 0.15) is 11.5 Å². The molecule has 22 heavy (non-hydrogen) atoms.